The Hall–Kier alpha value is -2.07. The second-order valence-electron chi connectivity index (χ2n) is 4.10. The largest absolute Gasteiger partial charge is 0.316 e. The number of hydrogen-bond acceptors (Lipinski definition) is 4. The number of nitrogens with zero attached hydrogens (tertiary/aromatic N) is 1. The molecule has 0 atom stereocenters. The summed E-state index contributed by atoms with van der Waals surface area (Å²) in [5.41, 5.74) is -0.672. The zero-order valence-corrected chi connectivity index (χ0v) is 11.6. The molecule has 6 nitrogen and oxygen atoms in total. The third kappa shape index (κ3) is 3.16. The van der Waals surface area contributed by atoms with E-state index in [2.05, 4.69) is 15.5 Å². The summed E-state index contributed by atoms with van der Waals surface area (Å²) in [7, 11) is -2.70. The monoisotopic (exact) mass is 320 g/mol. The molecular weight excluding hydrogens is 309 g/mol. The van der Waals surface area contributed by atoms with Crippen LogP contribution < -0.4 is 10.0 Å². The molecule has 10 heteroatoms. The highest BCUT2D eigenvalue weighted by Crippen LogP contribution is 2.24. The van der Waals surface area contributed by atoms with Crippen LogP contribution in [0.15, 0.2) is 23.4 Å². The van der Waals surface area contributed by atoms with Crippen LogP contribution in [0.1, 0.15) is 5.56 Å². The van der Waals surface area contributed by atoms with E-state index in [-0.39, 0.29) is 17.1 Å². The van der Waals surface area contributed by atoms with E-state index < -0.39 is 33.2 Å². The SMILES string of the molecule is CNCc1cn[nH]c1S(=O)(=O)Nc1c(F)cc(F)cc1F. The maximum atomic E-state index is 13.5. The first-order chi connectivity index (χ1) is 9.85. The zero-order chi connectivity index (χ0) is 15.6. The maximum Gasteiger partial charge on any atom is 0.279 e. The van der Waals surface area contributed by atoms with Gasteiger partial charge in [0.2, 0.25) is 0 Å². The Kier molecular flexibility index (Phi) is 4.19. The molecule has 3 N–H and O–H groups in total. The Morgan fingerprint density at radius 3 is 2.43 bits per heavy atom. The minimum absolute atomic E-state index is 0.182. The van der Waals surface area contributed by atoms with Crippen molar-refractivity contribution in [3.63, 3.8) is 0 Å². The van der Waals surface area contributed by atoms with Gasteiger partial charge in [-0.3, -0.25) is 9.82 Å². The number of H-pyrrole nitrogens is 1. The third-order valence-electron chi connectivity index (χ3n) is 2.56. The fourth-order valence-electron chi connectivity index (χ4n) is 1.67. The van der Waals surface area contributed by atoms with E-state index >= 15 is 0 Å². The predicted octanol–water partition coefficient (Wildman–Crippen LogP) is 1.35. The van der Waals surface area contributed by atoms with E-state index in [9.17, 15) is 21.6 Å². The summed E-state index contributed by atoms with van der Waals surface area (Å²) in [5.74, 6) is -3.86. The first-order valence-corrected chi connectivity index (χ1v) is 7.17. The van der Waals surface area contributed by atoms with E-state index in [4.69, 9.17) is 0 Å². The quantitative estimate of drug-likeness (QED) is 0.776. The normalized spacial score (nSPS) is 11.6. The molecule has 0 fully saturated rings. The van der Waals surface area contributed by atoms with Gasteiger partial charge in [-0.15, -0.1) is 0 Å². The first-order valence-electron chi connectivity index (χ1n) is 5.69. The summed E-state index contributed by atoms with van der Waals surface area (Å²) in [5, 5.41) is 8.21. The number of aromatic nitrogens is 2. The second-order valence-corrected chi connectivity index (χ2v) is 5.72. The second kappa shape index (κ2) is 5.74. The number of anilines is 1. The fraction of sp³-hybridized carbons (Fsp3) is 0.182. The molecule has 0 saturated carbocycles. The maximum absolute atomic E-state index is 13.5. The molecule has 21 heavy (non-hydrogen) atoms. The summed E-state index contributed by atoms with van der Waals surface area (Å²) >= 11 is 0. The summed E-state index contributed by atoms with van der Waals surface area (Å²) in [6.07, 6.45) is 1.27. The molecule has 0 spiro atoms. The van der Waals surface area contributed by atoms with Crippen molar-refractivity contribution in [3.8, 4) is 0 Å². The molecule has 0 radical (unpaired) electrons. The van der Waals surface area contributed by atoms with Gasteiger partial charge in [0.15, 0.2) is 16.7 Å². The molecule has 0 aliphatic rings. The molecule has 0 aliphatic carbocycles. The summed E-state index contributed by atoms with van der Waals surface area (Å²) in [6, 6.07) is 0.755. The van der Waals surface area contributed by atoms with Crippen LogP contribution in [0.25, 0.3) is 0 Å². The molecule has 1 heterocycles. The average Bonchev–Trinajstić information content (AvgIpc) is 2.83. The Labute approximate surface area is 118 Å². The lowest BCUT2D eigenvalue weighted by atomic mass is 10.3. The number of nitrogens with one attached hydrogen (secondary N) is 3. The minimum Gasteiger partial charge on any atom is -0.316 e. The number of halogens is 3. The van der Waals surface area contributed by atoms with E-state index in [0.29, 0.717) is 12.1 Å². The van der Waals surface area contributed by atoms with E-state index in [1.165, 1.54) is 6.20 Å². The smallest absolute Gasteiger partial charge is 0.279 e. The topological polar surface area (TPSA) is 86.9 Å². The van der Waals surface area contributed by atoms with Gasteiger partial charge in [-0.25, -0.2) is 13.2 Å². The molecule has 1 aromatic heterocycles. The van der Waals surface area contributed by atoms with Crippen LogP contribution in [-0.2, 0) is 16.6 Å². The molecular formula is C11H11F3N4O2S. The minimum atomic E-state index is -4.29. The molecule has 2 rings (SSSR count). The summed E-state index contributed by atoms with van der Waals surface area (Å²) < 4.78 is 65.7. The molecule has 0 bridgehead atoms. The molecule has 2 aromatic rings. The van der Waals surface area contributed by atoms with Crippen molar-refractivity contribution >= 4 is 15.7 Å². The van der Waals surface area contributed by atoms with E-state index in [1.807, 2.05) is 0 Å². The standard InChI is InChI=1S/C11H11F3N4O2S/c1-15-4-6-5-16-17-11(6)21(19,20)18-10-8(13)2-7(12)3-9(10)14/h2-3,5,15,18H,4H2,1H3,(H,16,17). The van der Waals surface area contributed by atoms with Gasteiger partial charge in [0.1, 0.15) is 11.5 Å². The molecule has 0 saturated heterocycles. The lowest BCUT2D eigenvalue weighted by Gasteiger charge is -2.10. The van der Waals surface area contributed by atoms with Gasteiger partial charge in [-0.1, -0.05) is 0 Å². The van der Waals surface area contributed by atoms with Crippen molar-refractivity contribution in [1.82, 2.24) is 15.5 Å². The van der Waals surface area contributed by atoms with Crippen molar-refractivity contribution in [2.24, 2.45) is 0 Å². The Morgan fingerprint density at radius 2 is 1.86 bits per heavy atom. The average molecular weight is 320 g/mol. The lowest BCUT2D eigenvalue weighted by molar-refractivity contribution is 0.547. The van der Waals surface area contributed by atoms with Crippen molar-refractivity contribution in [1.29, 1.82) is 0 Å². The van der Waals surface area contributed by atoms with Crippen LogP contribution >= 0.6 is 0 Å². The van der Waals surface area contributed by atoms with Gasteiger partial charge < -0.3 is 5.32 Å². The van der Waals surface area contributed by atoms with Gasteiger partial charge in [-0.2, -0.15) is 13.5 Å². The van der Waals surface area contributed by atoms with Gasteiger partial charge in [0, 0.05) is 24.2 Å². The van der Waals surface area contributed by atoms with Crippen LogP contribution in [-0.4, -0.2) is 25.7 Å². The van der Waals surface area contributed by atoms with Crippen LogP contribution in [0.2, 0.25) is 0 Å². The van der Waals surface area contributed by atoms with Crippen molar-refractivity contribution in [3.05, 3.63) is 41.3 Å². The molecule has 0 unspecified atom stereocenters. The number of hydrogen-bond donors (Lipinski definition) is 3. The van der Waals surface area contributed by atoms with Crippen LogP contribution in [0.4, 0.5) is 18.9 Å². The highest BCUT2D eigenvalue weighted by molar-refractivity contribution is 7.92. The Balaban J connectivity index is 2.40. The van der Waals surface area contributed by atoms with Gasteiger partial charge in [-0.05, 0) is 7.05 Å². The zero-order valence-electron chi connectivity index (χ0n) is 10.7. The molecule has 0 aliphatic heterocycles. The van der Waals surface area contributed by atoms with E-state index in [1.54, 1.807) is 11.8 Å². The number of sulfonamides is 1. The molecule has 1 aromatic carbocycles. The van der Waals surface area contributed by atoms with Crippen molar-refractivity contribution in [2.75, 3.05) is 11.8 Å². The Bertz CT molecular complexity index is 738. The number of rotatable bonds is 5. The van der Waals surface area contributed by atoms with Gasteiger partial charge in [0.25, 0.3) is 10.0 Å². The van der Waals surface area contributed by atoms with Gasteiger partial charge in [0.05, 0.1) is 6.20 Å². The number of aromatic amines is 1. The summed E-state index contributed by atoms with van der Waals surface area (Å²) in [4.78, 5) is 0. The number of benzene rings is 1. The van der Waals surface area contributed by atoms with Gasteiger partial charge >= 0.3 is 0 Å². The first kappa shape index (κ1) is 15.3. The third-order valence-corrected chi connectivity index (χ3v) is 3.92. The lowest BCUT2D eigenvalue weighted by Crippen LogP contribution is -2.18. The predicted molar refractivity (Wildman–Crippen MR) is 68.5 cm³/mol. The molecule has 114 valence electrons. The van der Waals surface area contributed by atoms with Crippen LogP contribution in [0.3, 0.4) is 0 Å². The molecule has 0 amide bonds. The van der Waals surface area contributed by atoms with Crippen molar-refractivity contribution < 1.29 is 21.6 Å². The van der Waals surface area contributed by atoms with Crippen LogP contribution in [0.5, 0.6) is 0 Å². The highest BCUT2D eigenvalue weighted by atomic mass is 32.2. The Morgan fingerprint density at radius 1 is 1.24 bits per heavy atom. The van der Waals surface area contributed by atoms with Crippen LogP contribution in [0, 0.1) is 17.5 Å². The van der Waals surface area contributed by atoms with E-state index in [0.717, 1.165) is 0 Å². The highest BCUT2D eigenvalue weighted by Gasteiger charge is 2.24. The van der Waals surface area contributed by atoms with Crippen molar-refractivity contribution in [2.45, 2.75) is 11.6 Å². The summed E-state index contributed by atoms with van der Waals surface area (Å²) in [6.45, 7) is 0.182. The fourth-order valence-corrected chi connectivity index (χ4v) is 2.88.